The highest BCUT2D eigenvalue weighted by Gasteiger charge is 2.07. The van der Waals surface area contributed by atoms with Crippen molar-refractivity contribution >= 4 is 11.6 Å². The van der Waals surface area contributed by atoms with Crippen LogP contribution in [0.2, 0.25) is 0 Å². The lowest BCUT2D eigenvalue weighted by Gasteiger charge is -2.09. The van der Waals surface area contributed by atoms with Crippen molar-refractivity contribution in [3.05, 3.63) is 90.0 Å². The lowest BCUT2D eigenvalue weighted by atomic mass is 10.2. The van der Waals surface area contributed by atoms with Crippen LogP contribution in [0, 0.1) is 0 Å². The Hall–Kier alpha value is -3.31. The molecule has 0 heterocycles. The summed E-state index contributed by atoms with van der Waals surface area (Å²) in [5.41, 5.74) is 2.51. The van der Waals surface area contributed by atoms with E-state index in [1.54, 1.807) is 31.4 Å². The first-order valence-electron chi connectivity index (χ1n) is 9.54. The van der Waals surface area contributed by atoms with E-state index >= 15 is 0 Å². The van der Waals surface area contributed by atoms with E-state index in [9.17, 15) is 4.79 Å². The van der Waals surface area contributed by atoms with Crippen LogP contribution in [0.5, 0.6) is 11.5 Å². The minimum atomic E-state index is -0.172. The molecule has 0 radical (unpaired) electrons. The van der Waals surface area contributed by atoms with Gasteiger partial charge in [-0.1, -0.05) is 30.3 Å². The van der Waals surface area contributed by atoms with Crippen LogP contribution >= 0.6 is 0 Å². The van der Waals surface area contributed by atoms with Crippen molar-refractivity contribution < 1.29 is 19.0 Å². The maximum Gasteiger partial charge on any atom is 0.255 e. The van der Waals surface area contributed by atoms with E-state index < -0.39 is 0 Å². The molecule has 0 saturated carbocycles. The molecule has 0 bridgehead atoms. The van der Waals surface area contributed by atoms with Gasteiger partial charge in [0.05, 0.1) is 13.2 Å². The summed E-state index contributed by atoms with van der Waals surface area (Å²) >= 11 is 0. The highest BCUT2D eigenvalue weighted by molar-refractivity contribution is 6.04. The van der Waals surface area contributed by atoms with Crippen LogP contribution in [0.15, 0.2) is 78.9 Å². The summed E-state index contributed by atoms with van der Waals surface area (Å²) in [5, 5.41) is 2.88. The molecule has 0 unspecified atom stereocenters. The molecule has 0 fully saturated rings. The van der Waals surface area contributed by atoms with Crippen LogP contribution in [0.3, 0.4) is 0 Å². The second kappa shape index (κ2) is 10.9. The maximum atomic E-state index is 12.4. The largest absolute Gasteiger partial charge is 0.493 e. The van der Waals surface area contributed by atoms with Crippen LogP contribution in [0.4, 0.5) is 5.69 Å². The lowest BCUT2D eigenvalue weighted by Crippen LogP contribution is -2.12. The lowest BCUT2D eigenvalue weighted by molar-refractivity contribution is 0.102. The molecule has 0 aliphatic carbocycles. The number of amides is 1. The smallest absolute Gasteiger partial charge is 0.255 e. The molecule has 3 aromatic carbocycles. The first-order chi connectivity index (χ1) is 14.2. The van der Waals surface area contributed by atoms with Gasteiger partial charge in [-0.15, -0.1) is 0 Å². The molecular formula is C24H25NO4. The maximum absolute atomic E-state index is 12.4. The van der Waals surface area contributed by atoms with E-state index in [4.69, 9.17) is 14.2 Å². The number of nitrogens with one attached hydrogen (secondary N) is 1. The van der Waals surface area contributed by atoms with Gasteiger partial charge in [0, 0.05) is 24.8 Å². The Bertz CT molecular complexity index is 877. The molecule has 0 aliphatic rings. The summed E-state index contributed by atoms with van der Waals surface area (Å²) in [4.78, 5) is 12.4. The number of carbonyl (C=O) groups is 1. The van der Waals surface area contributed by atoms with Crippen LogP contribution in [0.25, 0.3) is 0 Å². The van der Waals surface area contributed by atoms with Crippen LogP contribution in [0.1, 0.15) is 15.9 Å². The van der Waals surface area contributed by atoms with Gasteiger partial charge in [0.1, 0.15) is 18.1 Å². The molecular weight excluding hydrogens is 366 g/mol. The van der Waals surface area contributed by atoms with Crippen molar-refractivity contribution in [3.8, 4) is 11.5 Å². The number of carbonyl (C=O) groups excluding carboxylic acids is 1. The van der Waals surface area contributed by atoms with Crippen molar-refractivity contribution in [1.29, 1.82) is 0 Å². The third kappa shape index (κ3) is 6.66. The number of anilines is 1. The molecule has 3 rings (SSSR count). The molecule has 0 aromatic heterocycles. The number of hydrogen-bond donors (Lipinski definition) is 1. The number of ether oxygens (including phenoxy) is 3. The molecule has 1 N–H and O–H groups in total. The summed E-state index contributed by atoms with van der Waals surface area (Å²) in [5.74, 6) is 1.31. The van der Waals surface area contributed by atoms with Gasteiger partial charge in [0.25, 0.3) is 5.91 Å². The minimum absolute atomic E-state index is 0.172. The molecule has 0 atom stereocenters. The number of rotatable bonds is 10. The third-order valence-electron chi connectivity index (χ3n) is 4.29. The van der Waals surface area contributed by atoms with Gasteiger partial charge in [-0.3, -0.25) is 4.79 Å². The molecule has 150 valence electrons. The Morgan fingerprint density at radius 3 is 2.03 bits per heavy atom. The van der Waals surface area contributed by atoms with Gasteiger partial charge in [0.15, 0.2) is 0 Å². The van der Waals surface area contributed by atoms with E-state index in [0.29, 0.717) is 31.1 Å². The summed E-state index contributed by atoms with van der Waals surface area (Å²) in [7, 11) is 1.63. The SMILES string of the molecule is COCCOc1ccc(NC(=O)c2ccc(OCCc3ccccc3)cc2)cc1. The van der Waals surface area contributed by atoms with Gasteiger partial charge in [-0.25, -0.2) is 0 Å². The van der Waals surface area contributed by atoms with Crippen LogP contribution in [-0.4, -0.2) is 32.8 Å². The fourth-order valence-corrected chi connectivity index (χ4v) is 2.71. The van der Waals surface area contributed by atoms with Gasteiger partial charge in [-0.05, 0) is 54.1 Å². The quantitative estimate of drug-likeness (QED) is 0.514. The Morgan fingerprint density at radius 2 is 1.38 bits per heavy atom. The molecule has 0 spiro atoms. The van der Waals surface area contributed by atoms with Gasteiger partial charge in [0.2, 0.25) is 0 Å². The fraction of sp³-hybridized carbons (Fsp3) is 0.208. The molecule has 1 amide bonds. The second-order valence-corrected chi connectivity index (χ2v) is 6.43. The van der Waals surface area contributed by atoms with E-state index in [1.807, 2.05) is 42.5 Å². The number of hydrogen-bond acceptors (Lipinski definition) is 4. The van der Waals surface area contributed by atoms with Crippen molar-refractivity contribution in [2.24, 2.45) is 0 Å². The Balaban J connectivity index is 1.47. The molecule has 5 heteroatoms. The van der Waals surface area contributed by atoms with E-state index in [0.717, 1.165) is 17.9 Å². The van der Waals surface area contributed by atoms with Crippen molar-refractivity contribution in [2.45, 2.75) is 6.42 Å². The minimum Gasteiger partial charge on any atom is -0.493 e. The highest BCUT2D eigenvalue weighted by atomic mass is 16.5. The van der Waals surface area contributed by atoms with Crippen LogP contribution in [-0.2, 0) is 11.2 Å². The summed E-state index contributed by atoms with van der Waals surface area (Å²) in [6.07, 6.45) is 0.842. The Morgan fingerprint density at radius 1 is 0.759 bits per heavy atom. The monoisotopic (exact) mass is 391 g/mol. The average Bonchev–Trinajstić information content (AvgIpc) is 2.76. The van der Waals surface area contributed by atoms with Gasteiger partial charge in [-0.2, -0.15) is 0 Å². The molecule has 0 saturated heterocycles. The van der Waals surface area contributed by atoms with Crippen LogP contribution < -0.4 is 14.8 Å². The molecule has 5 nitrogen and oxygen atoms in total. The summed E-state index contributed by atoms with van der Waals surface area (Å²) in [6.45, 7) is 1.61. The van der Waals surface area contributed by atoms with E-state index in [2.05, 4.69) is 17.4 Å². The zero-order valence-electron chi connectivity index (χ0n) is 16.5. The Labute approximate surface area is 171 Å². The second-order valence-electron chi connectivity index (χ2n) is 6.43. The zero-order valence-corrected chi connectivity index (χ0v) is 16.5. The zero-order chi connectivity index (χ0) is 20.3. The predicted octanol–water partition coefficient (Wildman–Crippen LogP) is 4.59. The molecule has 0 aliphatic heterocycles. The number of benzene rings is 3. The Kier molecular flexibility index (Phi) is 7.66. The molecule has 3 aromatic rings. The first-order valence-corrected chi connectivity index (χ1v) is 9.54. The van der Waals surface area contributed by atoms with Crippen molar-refractivity contribution in [1.82, 2.24) is 0 Å². The standard InChI is InChI=1S/C24H25NO4/c1-27-17-18-29-23-13-9-21(10-14-23)25-24(26)20-7-11-22(12-8-20)28-16-15-19-5-3-2-4-6-19/h2-14H,15-18H2,1H3,(H,25,26). The predicted molar refractivity (Wildman–Crippen MR) is 114 cm³/mol. The molecule has 29 heavy (non-hydrogen) atoms. The third-order valence-corrected chi connectivity index (χ3v) is 4.29. The summed E-state index contributed by atoms with van der Waals surface area (Å²) in [6, 6.07) is 24.6. The summed E-state index contributed by atoms with van der Waals surface area (Å²) < 4.78 is 16.2. The van der Waals surface area contributed by atoms with Crippen molar-refractivity contribution in [2.75, 3.05) is 32.2 Å². The fourth-order valence-electron chi connectivity index (χ4n) is 2.71. The highest BCUT2D eigenvalue weighted by Crippen LogP contribution is 2.18. The topological polar surface area (TPSA) is 56.8 Å². The van der Waals surface area contributed by atoms with Gasteiger partial charge >= 0.3 is 0 Å². The van der Waals surface area contributed by atoms with Gasteiger partial charge < -0.3 is 19.5 Å². The van der Waals surface area contributed by atoms with E-state index in [1.165, 1.54) is 5.56 Å². The normalized spacial score (nSPS) is 10.4. The van der Waals surface area contributed by atoms with E-state index in [-0.39, 0.29) is 5.91 Å². The number of methoxy groups -OCH3 is 1. The van der Waals surface area contributed by atoms with Crippen molar-refractivity contribution in [3.63, 3.8) is 0 Å². The average molecular weight is 391 g/mol. The first kappa shape index (κ1) is 20.4.